The summed E-state index contributed by atoms with van der Waals surface area (Å²) in [6, 6.07) is 8.84. The number of hydrogen-bond acceptors (Lipinski definition) is 3. The van der Waals surface area contributed by atoms with Gasteiger partial charge in [-0.15, -0.1) is 5.10 Å². The maximum absolute atomic E-state index is 11.9. The Morgan fingerprint density at radius 3 is 2.87 bits per heavy atom. The first-order chi connectivity index (χ1) is 11.0. The van der Waals surface area contributed by atoms with Gasteiger partial charge in [-0.05, 0) is 31.4 Å². The minimum Gasteiger partial charge on any atom is -0.396 e. The molecule has 7 heteroatoms. The Morgan fingerprint density at radius 1 is 1.43 bits per heavy atom. The van der Waals surface area contributed by atoms with Gasteiger partial charge in [0, 0.05) is 24.9 Å². The number of aliphatic hydroxyl groups excluding tert-OH is 1. The Kier molecular flexibility index (Phi) is 6.01. The number of aryl methyl sites for hydroxylation is 1. The lowest BCUT2D eigenvalue weighted by atomic mass is 10.1. The summed E-state index contributed by atoms with van der Waals surface area (Å²) in [6.07, 6.45) is 0.653. The molecule has 0 aliphatic heterocycles. The quantitative estimate of drug-likeness (QED) is 0.758. The first-order valence-corrected chi connectivity index (χ1v) is 7.86. The van der Waals surface area contributed by atoms with Crippen LogP contribution in [0.1, 0.15) is 19.0 Å². The average Bonchev–Trinajstić information content (AvgIpc) is 2.86. The fraction of sp³-hybridized carbons (Fsp3) is 0.375. The summed E-state index contributed by atoms with van der Waals surface area (Å²) in [5, 5.41) is 19.3. The van der Waals surface area contributed by atoms with Crippen LogP contribution in [0.15, 0.2) is 30.3 Å². The summed E-state index contributed by atoms with van der Waals surface area (Å²) in [6.45, 7) is 4.47. The molecule has 0 fully saturated rings. The van der Waals surface area contributed by atoms with Crippen LogP contribution in [-0.2, 0) is 0 Å². The Morgan fingerprint density at radius 2 is 2.17 bits per heavy atom. The molecule has 0 spiro atoms. The van der Waals surface area contributed by atoms with E-state index in [4.69, 9.17) is 16.7 Å². The lowest BCUT2D eigenvalue weighted by Crippen LogP contribution is -2.32. The molecule has 2 aromatic rings. The van der Waals surface area contributed by atoms with E-state index in [1.165, 1.54) is 0 Å². The van der Waals surface area contributed by atoms with Gasteiger partial charge < -0.3 is 10.4 Å². The molecule has 1 atom stereocenters. The molecule has 2 rings (SSSR count). The van der Waals surface area contributed by atoms with Gasteiger partial charge in [0.1, 0.15) is 0 Å². The van der Waals surface area contributed by atoms with Crippen molar-refractivity contribution < 1.29 is 9.90 Å². The van der Waals surface area contributed by atoms with Crippen LogP contribution in [0.4, 0.5) is 10.6 Å². The third kappa shape index (κ3) is 4.71. The second kappa shape index (κ2) is 7.99. The Labute approximate surface area is 140 Å². The molecule has 1 unspecified atom stereocenters. The van der Waals surface area contributed by atoms with Gasteiger partial charge in [-0.1, -0.05) is 30.7 Å². The van der Waals surface area contributed by atoms with Crippen LogP contribution in [-0.4, -0.2) is 34.1 Å². The Bertz CT molecular complexity index is 672. The standard InChI is InChI=1S/C16H21ClN4O2/c1-11(7-8-22)10-18-16(23)19-15-9-12(2)21(20-15)14-6-4-3-5-13(14)17/h3-6,9,11,22H,7-8,10H2,1-2H3,(H2,18,19,20,23). The molecular formula is C16H21ClN4O2. The van der Waals surface area contributed by atoms with Crippen molar-refractivity contribution in [3.05, 3.63) is 41.0 Å². The number of amides is 2. The highest BCUT2D eigenvalue weighted by Crippen LogP contribution is 2.22. The second-order valence-corrected chi connectivity index (χ2v) is 5.89. The van der Waals surface area contributed by atoms with Gasteiger partial charge in [-0.3, -0.25) is 5.32 Å². The van der Waals surface area contributed by atoms with Gasteiger partial charge in [-0.2, -0.15) is 0 Å². The topological polar surface area (TPSA) is 79.2 Å². The number of hydrogen-bond donors (Lipinski definition) is 3. The monoisotopic (exact) mass is 336 g/mol. The molecule has 1 heterocycles. The highest BCUT2D eigenvalue weighted by molar-refractivity contribution is 6.32. The molecule has 1 aromatic carbocycles. The average molecular weight is 337 g/mol. The van der Waals surface area contributed by atoms with Crippen molar-refractivity contribution in [2.24, 2.45) is 5.92 Å². The predicted octanol–water partition coefficient (Wildman–Crippen LogP) is 2.97. The third-order valence-electron chi connectivity index (χ3n) is 3.44. The smallest absolute Gasteiger partial charge is 0.320 e. The van der Waals surface area contributed by atoms with Crippen LogP contribution in [0.3, 0.4) is 0 Å². The fourth-order valence-electron chi connectivity index (χ4n) is 2.15. The van der Waals surface area contributed by atoms with Crippen molar-refractivity contribution in [3.8, 4) is 5.69 Å². The molecule has 0 saturated carbocycles. The zero-order valence-electron chi connectivity index (χ0n) is 13.2. The van der Waals surface area contributed by atoms with E-state index in [9.17, 15) is 4.79 Å². The molecule has 6 nitrogen and oxygen atoms in total. The lowest BCUT2D eigenvalue weighted by molar-refractivity contribution is 0.243. The van der Waals surface area contributed by atoms with Crippen molar-refractivity contribution in [1.82, 2.24) is 15.1 Å². The van der Waals surface area contributed by atoms with Gasteiger partial charge in [0.2, 0.25) is 0 Å². The van der Waals surface area contributed by atoms with E-state index in [0.29, 0.717) is 23.8 Å². The summed E-state index contributed by atoms with van der Waals surface area (Å²) in [5.41, 5.74) is 1.62. The number of carbonyl (C=O) groups excluding carboxylic acids is 1. The molecule has 124 valence electrons. The lowest BCUT2D eigenvalue weighted by Gasteiger charge is -2.11. The number of nitrogens with one attached hydrogen (secondary N) is 2. The summed E-state index contributed by atoms with van der Waals surface area (Å²) < 4.78 is 1.69. The van der Waals surface area contributed by atoms with Gasteiger partial charge >= 0.3 is 6.03 Å². The van der Waals surface area contributed by atoms with Crippen molar-refractivity contribution in [3.63, 3.8) is 0 Å². The number of aromatic nitrogens is 2. The molecule has 3 N–H and O–H groups in total. The fourth-order valence-corrected chi connectivity index (χ4v) is 2.37. The highest BCUT2D eigenvalue weighted by Gasteiger charge is 2.11. The van der Waals surface area contributed by atoms with Crippen LogP contribution in [0, 0.1) is 12.8 Å². The summed E-state index contributed by atoms with van der Waals surface area (Å²) in [4.78, 5) is 11.9. The van der Waals surface area contributed by atoms with Gasteiger partial charge in [0.05, 0.1) is 10.7 Å². The molecule has 1 aromatic heterocycles. The molecular weight excluding hydrogens is 316 g/mol. The summed E-state index contributed by atoms with van der Waals surface area (Å²) in [5.74, 6) is 0.669. The number of rotatable bonds is 6. The number of halogens is 1. The second-order valence-electron chi connectivity index (χ2n) is 5.49. The zero-order valence-corrected chi connectivity index (χ0v) is 14.0. The van der Waals surface area contributed by atoms with Crippen molar-refractivity contribution in [2.45, 2.75) is 20.3 Å². The third-order valence-corrected chi connectivity index (χ3v) is 3.76. The normalized spacial score (nSPS) is 12.0. The number of aliphatic hydroxyl groups is 1. The molecule has 0 aliphatic rings. The number of para-hydroxylation sites is 1. The van der Waals surface area contributed by atoms with Gasteiger partial charge in [-0.25, -0.2) is 9.48 Å². The molecule has 0 radical (unpaired) electrons. The maximum Gasteiger partial charge on any atom is 0.320 e. The van der Waals surface area contributed by atoms with Crippen LogP contribution in [0.25, 0.3) is 5.69 Å². The largest absolute Gasteiger partial charge is 0.396 e. The van der Waals surface area contributed by atoms with Crippen molar-refractivity contribution in [2.75, 3.05) is 18.5 Å². The number of carbonyl (C=O) groups is 1. The summed E-state index contributed by atoms with van der Waals surface area (Å²) in [7, 11) is 0. The molecule has 0 bridgehead atoms. The van der Waals surface area contributed by atoms with E-state index in [0.717, 1.165) is 11.4 Å². The molecule has 2 amide bonds. The summed E-state index contributed by atoms with van der Waals surface area (Å²) >= 11 is 6.18. The highest BCUT2D eigenvalue weighted by atomic mass is 35.5. The van der Waals surface area contributed by atoms with Crippen molar-refractivity contribution in [1.29, 1.82) is 0 Å². The SMILES string of the molecule is Cc1cc(NC(=O)NCC(C)CCO)nn1-c1ccccc1Cl. The Hall–Kier alpha value is -2.05. The number of anilines is 1. The predicted molar refractivity (Wildman–Crippen MR) is 91.2 cm³/mol. The van der Waals surface area contributed by atoms with E-state index in [1.807, 2.05) is 32.0 Å². The molecule has 0 aliphatic carbocycles. The van der Waals surface area contributed by atoms with Gasteiger partial charge in [0.15, 0.2) is 5.82 Å². The van der Waals surface area contributed by atoms with Crippen LogP contribution >= 0.6 is 11.6 Å². The molecule has 0 saturated heterocycles. The van der Waals surface area contributed by atoms with Crippen LogP contribution < -0.4 is 10.6 Å². The number of nitrogens with zero attached hydrogens (tertiary/aromatic N) is 2. The zero-order chi connectivity index (χ0) is 16.8. The van der Waals surface area contributed by atoms with E-state index < -0.39 is 0 Å². The van der Waals surface area contributed by atoms with Crippen LogP contribution in [0.5, 0.6) is 0 Å². The Balaban J connectivity index is 2.01. The first kappa shape index (κ1) is 17.3. The van der Waals surface area contributed by atoms with Crippen molar-refractivity contribution >= 4 is 23.4 Å². The van der Waals surface area contributed by atoms with Crippen LogP contribution in [0.2, 0.25) is 5.02 Å². The minimum absolute atomic E-state index is 0.117. The molecule has 23 heavy (non-hydrogen) atoms. The van der Waals surface area contributed by atoms with E-state index >= 15 is 0 Å². The van der Waals surface area contributed by atoms with E-state index in [-0.39, 0.29) is 18.6 Å². The van der Waals surface area contributed by atoms with Gasteiger partial charge in [0.25, 0.3) is 0 Å². The number of benzene rings is 1. The minimum atomic E-state index is -0.321. The first-order valence-electron chi connectivity index (χ1n) is 7.48. The number of urea groups is 1. The van der Waals surface area contributed by atoms with E-state index in [1.54, 1.807) is 16.8 Å². The maximum atomic E-state index is 11.9. The van der Waals surface area contributed by atoms with E-state index in [2.05, 4.69) is 15.7 Å².